The smallest absolute Gasteiger partial charge is 0.263 e. The second-order valence-corrected chi connectivity index (χ2v) is 6.43. The summed E-state index contributed by atoms with van der Waals surface area (Å²) in [5.41, 5.74) is 0.707. The Labute approximate surface area is 164 Å². The highest BCUT2D eigenvalue weighted by atomic mass is 19.1. The largest absolute Gasteiger partial charge is 0.495 e. The standard InChI is InChI=1S/C19H16FN5O4/c1-29-14-5-3-2-4-13(14)21-15(26)10-24-17-16(22-23-24)18(27)25(19(17)28)12-8-6-11(20)7-9-12/h2-9,16-17H,10H2,1H3,(H,21,26)/t16-,17+/m0/s1. The number of carbonyl (C=O) groups is 3. The summed E-state index contributed by atoms with van der Waals surface area (Å²) >= 11 is 0. The van der Waals surface area contributed by atoms with Crippen molar-refractivity contribution in [2.45, 2.75) is 12.1 Å². The van der Waals surface area contributed by atoms with Crippen LogP contribution in [-0.2, 0) is 14.4 Å². The lowest BCUT2D eigenvalue weighted by atomic mass is 10.1. The summed E-state index contributed by atoms with van der Waals surface area (Å²) < 4.78 is 18.3. The van der Waals surface area contributed by atoms with E-state index in [2.05, 4.69) is 15.7 Å². The van der Waals surface area contributed by atoms with Crippen LogP contribution < -0.4 is 15.0 Å². The van der Waals surface area contributed by atoms with Gasteiger partial charge in [0.15, 0.2) is 12.1 Å². The number of rotatable bonds is 5. The van der Waals surface area contributed by atoms with Gasteiger partial charge in [-0.15, -0.1) is 0 Å². The van der Waals surface area contributed by atoms with Crippen molar-refractivity contribution in [2.24, 2.45) is 10.3 Å². The molecular weight excluding hydrogens is 381 g/mol. The molecule has 0 radical (unpaired) electrons. The van der Waals surface area contributed by atoms with Gasteiger partial charge in [-0.1, -0.05) is 17.4 Å². The quantitative estimate of drug-likeness (QED) is 0.775. The van der Waals surface area contributed by atoms with Crippen LogP contribution in [0.25, 0.3) is 0 Å². The number of benzene rings is 2. The van der Waals surface area contributed by atoms with Crippen molar-refractivity contribution in [3.05, 3.63) is 54.3 Å². The molecular formula is C19H16FN5O4. The molecule has 0 aromatic heterocycles. The van der Waals surface area contributed by atoms with Gasteiger partial charge in [-0.2, -0.15) is 5.11 Å². The first-order valence-corrected chi connectivity index (χ1v) is 8.73. The Hall–Kier alpha value is -3.82. The molecule has 29 heavy (non-hydrogen) atoms. The lowest BCUT2D eigenvalue weighted by molar-refractivity contribution is -0.123. The molecule has 2 aliphatic rings. The number of imide groups is 1. The highest BCUT2D eigenvalue weighted by molar-refractivity contribution is 6.25. The number of hydrogen-bond acceptors (Lipinski definition) is 7. The van der Waals surface area contributed by atoms with Gasteiger partial charge in [0, 0.05) is 0 Å². The number of hydrogen-bond donors (Lipinski definition) is 1. The first-order valence-electron chi connectivity index (χ1n) is 8.73. The third kappa shape index (κ3) is 3.28. The lowest BCUT2D eigenvalue weighted by Crippen LogP contribution is -2.43. The highest BCUT2D eigenvalue weighted by Gasteiger charge is 2.55. The summed E-state index contributed by atoms with van der Waals surface area (Å²) in [5, 5.41) is 11.5. The van der Waals surface area contributed by atoms with E-state index < -0.39 is 35.6 Å². The minimum Gasteiger partial charge on any atom is -0.495 e. The molecule has 10 heteroatoms. The summed E-state index contributed by atoms with van der Waals surface area (Å²) in [6.45, 7) is -0.279. The lowest BCUT2D eigenvalue weighted by Gasteiger charge is -2.20. The number of fused-ring (bicyclic) bond motifs is 1. The van der Waals surface area contributed by atoms with Crippen LogP contribution in [0.5, 0.6) is 5.75 Å². The zero-order valence-electron chi connectivity index (χ0n) is 15.3. The molecule has 0 unspecified atom stereocenters. The van der Waals surface area contributed by atoms with Gasteiger partial charge in [0.1, 0.15) is 18.1 Å². The summed E-state index contributed by atoms with van der Waals surface area (Å²) in [5.74, 6) is -1.59. The maximum Gasteiger partial charge on any atom is 0.263 e. The number of nitrogens with zero attached hydrogens (tertiary/aromatic N) is 4. The molecule has 2 aromatic rings. The van der Waals surface area contributed by atoms with Gasteiger partial charge in [0.25, 0.3) is 11.8 Å². The number of para-hydroxylation sites is 2. The van der Waals surface area contributed by atoms with E-state index in [1.807, 2.05) is 0 Å². The zero-order chi connectivity index (χ0) is 20.5. The van der Waals surface area contributed by atoms with Crippen LogP contribution in [0.4, 0.5) is 15.8 Å². The molecule has 9 nitrogen and oxygen atoms in total. The van der Waals surface area contributed by atoms with Gasteiger partial charge in [-0.3, -0.25) is 19.4 Å². The Morgan fingerprint density at radius 1 is 1.14 bits per heavy atom. The molecule has 0 bridgehead atoms. The van der Waals surface area contributed by atoms with Gasteiger partial charge >= 0.3 is 0 Å². The van der Waals surface area contributed by atoms with Crippen molar-refractivity contribution in [1.29, 1.82) is 0 Å². The van der Waals surface area contributed by atoms with Crippen molar-refractivity contribution in [3.63, 3.8) is 0 Å². The average molecular weight is 397 g/mol. The number of halogens is 1. The van der Waals surface area contributed by atoms with Crippen molar-refractivity contribution < 1.29 is 23.5 Å². The monoisotopic (exact) mass is 397 g/mol. The summed E-state index contributed by atoms with van der Waals surface area (Å²) in [7, 11) is 1.48. The Bertz CT molecular complexity index is 1010. The van der Waals surface area contributed by atoms with E-state index in [4.69, 9.17) is 4.74 Å². The zero-order valence-corrected chi connectivity index (χ0v) is 15.3. The number of amides is 3. The maximum atomic E-state index is 13.2. The van der Waals surface area contributed by atoms with Crippen molar-refractivity contribution in [1.82, 2.24) is 5.01 Å². The maximum absolute atomic E-state index is 13.2. The van der Waals surface area contributed by atoms with Gasteiger partial charge in [-0.05, 0) is 36.4 Å². The predicted octanol–water partition coefficient (Wildman–Crippen LogP) is 1.77. The third-order valence-corrected chi connectivity index (χ3v) is 4.63. The Kier molecular flexibility index (Phi) is 4.67. The SMILES string of the molecule is COc1ccccc1NC(=O)CN1N=N[C@@H]2C(=O)N(c3ccc(F)cc3)C(=O)[C@@H]21. The Morgan fingerprint density at radius 3 is 2.59 bits per heavy atom. The minimum absolute atomic E-state index is 0.240. The molecule has 3 amide bonds. The second-order valence-electron chi connectivity index (χ2n) is 6.43. The van der Waals surface area contributed by atoms with Gasteiger partial charge in [0.05, 0.1) is 18.5 Å². The molecule has 1 saturated heterocycles. The minimum atomic E-state index is -1.04. The van der Waals surface area contributed by atoms with Crippen LogP contribution in [0.3, 0.4) is 0 Å². The molecule has 2 atom stereocenters. The molecule has 1 fully saturated rings. The van der Waals surface area contributed by atoms with Crippen LogP contribution in [0.15, 0.2) is 58.9 Å². The molecule has 0 aliphatic carbocycles. The van der Waals surface area contributed by atoms with E-state index in [1.54, 1.807) is 24.3 Å². The summed E-state index contributed by atoms with van der Waals surface area (Å²) in [6, 6.07) is 9.80. The number of ether oxygens (including phenoxy) is 1. The van der Waals surface area contributed by atoms with Crippen LogP contribution in [-0.4, -0.2) is 48.5 Å². The van der Waals surface area contributed by atoms with Gasteiger partial charge < -0.3 is 10.1 Å². The van der Waals surface area contributed by atoms with Crippen LogP contribution in [0.1, 0.15) is 0 Å². The van der Waals surface area contributed by atoms with Crippen molar-refractivity contribution in [2.75, 3.05) is 23.9 Å². The van der Waals surface area contributed by atoms with E-state index in [0.29, 0.717) is 11.4 Å². The van der Waals surface area contributed by atoms with Gasteiger partial charge in [0.2, 0.25) is 5.91 Å². The average Bonchev–Trinajstić information content (AvgIpc) is 3.23. The van der Waals surface area contributed by atoms with E-state index in [9.17, 15) is 18.8 Å². The molecule has 4 rings (SSSR count). The predicted molar refractivity (Wildman–Crippen MR) is 99.7 cm³/mol. The Balaban J connectivity index is 1.49. The van der Waals surface area contributed by atoms with E-state index in [0.717, 1.165) is 17.0 Å². The Morgan fingerprint density at radius 2 is 1.86 bits per heavy atom. The van der Waals surface area contributed by atoms with E-state index >= 15 is 0 Å². The molecule has 2 heterocycles. The second kappa shape index (κ2) is 7.30. The van der Waals surface area contributed by atoms with E-state index in [1.165, 1.54) is 24.3 Å². The van der Waals surface area contributed by atoms with Crippen molar-refractivity contribution in [3.8, 4) is 5.75 Å². The van der Waals surface area contributed by atoms with Crippen LogP contribution >= 0.6 is 0 Å². The first-order chi connectivity index (χ1) is 14.0. The highest BCUT2D eigenvalue weighted by Crippen LogP contribution is 2.32. The number of anilines is 2. The van der Waals surface area contributed by atoms with Crippen LogP contribution in [0.2, 0.25) is 0 Å². The van der Waals surface area contributed by atoms with Crippen molar-refractivity contribution >= 4 is 29.1 Å². The fraction of sp³-hybridized carbons (Fsp3) is 0.211. The molecule has 148 valence electrons. The summed E-state index contributed by atoms with van der Waals surface area (Å²) in [6.07, 6.45) is 0. The van der Waals surface area contributed by atoms with Crippen LogP contribution in [0, 0.1) is 5.82 Å². The number of nitrogens with one attached hydrogen (secondary N) is 1. The topological polar surface area (TPSA) is 104 Å². The molecule has 2 aromatic carbocycles. The third-order valence-electron chi connectivity index (χ3n) is 4.63. The normalized spacial score (nSPS) is 20.2. The molecule has 0 spiro atoms. The van der Waals surface area contributed by atoms with E-state index in [-0.39, 0.29) is 12.2 Å². The fourth-order valence-corrected chi connectivity index (χ4v) is 3.28. The summed E-state index contributed by atoms with van der Waals surface area (Å²) in [4.78, 5) is 38.8. The fourth-order valence-electron chi connectivity index (χ4n) is 3.28. The molecule has 0 saturated carbocycles. The molecule has 1 N–H and O–H groups in total. The number of methoxy groups -OCH3 is 1. The molecule has 2 aliphatic heterocycles. The first kappa shape index (κ1) is 18.5. The van der Waals surface area contributed by atoms with Gasteiger partial charge in [-0.25, -0.2) is 9.29 Å². The number of carbonyl (C=O) groups excluding carboxylic acids is 3.